The number of hydrogen-bond acceptors (Lipinski definition) is 5. The summed E-state index contributed by atoms with van der Waals surface area (Å²) in [6, 6.07) is 13.1. The minimum absolute atomic E-state index is 0.0316. The molecule has 2 heterocycles. The fraction of sp³-hybridized carbons (Fsp3) is 0.346. The lowest BCUT2D eigenvalue weighted by Crippen LogP contribution is -2.64. The van der Waals surface area contributed by atoms with E-state index in [0.717, 1.165) is 6.42 Å². The molecule has 2 aromatic carbocycles. The molecule has 3 N–H and O–H groups in total. The number of rotatable bonds is 5. The number of anilines is 1. The molecule has 2 atom stereocenters. The van der Waals surface area contributed by atoms with Gasteiger partial charge in [0.2, 0.25) is 11.8 Å². The van der Waals surface area contributed by atoms with Crippen LogP contribution in [0.4, 0.5) is 10.5 Å². The van der Waals surface area contributed by atoms with Crippen LogP contribution < -0.4 is 16.0 Å². The standard InChI is InChI=1S/C26H29N5O5/c1-17(32)18-9-11-20(12-10-18)28-26(36)30-14-15-31(25(35)19-6-3-2-4-7-19)22(16-30)24(34)29-21-8-5-13-27-23(21)33/h2-4,6-7,9-12,21-22H,5,8,13-16H2,1H3,(H,27,33)(H,28,36)(H,29,34). The van der Waals surface area contributed by atoms with E-state index in [1.807, 2.05) is 0 Å². The van der Waals surface area contributed by atoms with Gasteiger partial charge in [-0.15, -0.1) is 0 Å². The van der Waals surface area contributed by atoms with E-state index in [1.165, 1.54) is 16.7 Å². The van der Waals surface area contributed by atoms with Crippen LogP contribution in [0.1, 0.15) is 40.5 Å². The molecule has 2 fully saturated rings. The van der Waals surface area contributed by atoms with Gasteiger partial charge in [0, 0.05) is 36.4 Å². The number of amides is 5. The lowest BCUT2D eigenvalue weighted by Gasteiger charge is -2.41. The van der Waals surface area contributed by atoms with Crippen LogP contribution in [0.3, 0.4) is 0 Å². The predicted octanol–water partition coefficient (Wildman–Crippen LogP) is 1.64. The largest absolute Gasteiger partial charge is 0.354 e. The van der Waals surface area contributed by atoms with Gasteiger partial charge in [-0.05, 0) is 56.2 Å². The summed E-state index contributed by atoms with van der Waals surface area (Å²) in [5.41, 5.74) is 1.48. The number of benzene rings is 2. The van der Waals surface area contributed by atoms with Gasteiger partial charge in [-0.2, -0.15) is 0 Å². The van der Waals surface area contributed by atoms with Crippen LogP contribution in [0.2, 0.25) is 0 Å². The van der Waals surface area contributed by atoms with Crippen LogP contribution in [0.25, 0.3) is 0 Å². The van der Waals surface area contributed by atoms with E-state index in [4.69, 9.17) is 0 Å². The Labute approximate surface area is 209 Å². The molecule has 0 aromatic heterocycles. The van der Waals surface area contributed by atoms with Gasteiger partial charge in [-0.1, -0.05) is 18.2 Å². The first kappa shape index (κ1) is 24.9. The maximum absolute atomic E-state index is 13.3. The highest BCUT2D eigenvalue weighted by Gasteiger charge is 2.39. The Morgan fingerprint density at radius 1 is 0.944 bits per heavy atom. The van der Waals surface area contributed by atoms with Gasteiger partial charge in [-0.25, -0.2) is 4.79 Å². The molecular weight excluding hydrogens is 462 g/mol. The first-order valence-electron chi connectivity index (χ1n) is 11.9. The smallest absolute Gasteiger partial charge is 0.321 e. The first-order chi connectivity index (χ1) is 17.3. The molecule has 0 bridgehead atoms. The molecule has 10 heteroatoms. The molecule has 0 spiro atoms. The van der Waals surface area contributed by atoms with E-state index in [2.05, 4.69) is 16.0 Å². The lowest BCUT2D eigenvalue weighted by molar-refractivity contribution is -0.133. The summed E-state index contributed by atoms with van der Waals surface area (Å²) < 4.78 is 0. The molecule has 5 amide bonds. The number of piperazine rings is 1. The Hall–Kier alpha value is -4.21. The zero-order valence-corrected chi connectivity index (χ0v) is 20.0. The molecular formula is C26H29N5O5. The quantitative estimate of drug-likeness (QED) is 0.548. The van der Waals surface area contributed by atoms with Crippen molar-refractivity contribution < 1.29 is 24.0 Å². The van der Waals surface area contributed by atoms with Crippen LogP contribution in [0, 0.1) is 0 Å². The highest BCUT2D eigenvalue weighted by Crippen LogP contribution is 2.18. The molecule has 188 valence electrons. The van der Waals surface area contributed by atoms with E-state index in [9.17, 15) is 24.0 Å². The molecule has 2 saturated heterocycles. The molecule has 2 unspecified atom stereocenters. The highest BCUT2D eigenvalue weighted by atomic mass is 16.2. The van der Waals surface area contributed by atoms with E-state index < -0.39 is 24.0 Å². The van der Waals surface area contributed by atoms with Gasteiger partial charge in [0.15, 0.2) is 5.78 Å². The predicted molar refractivity (Wildman–Crippen MR) is 132 cm³/mol. The summed E-state index contributed by atoms with van der Waals surface area (Å²) in [5, 5.41) is 8.28. The lowest BCUT2D eigenvalue weighted by atomic mass is 10.0. The molecule has 4 rings (SSSR count). The maximum Gasteiger partial charge on any atom is 0.321 e. The molecule has 36 heavy (non-hydrogen) atoms. The van der Waals surface area contributed by atoms with Gasteiger partial charge < -0.3 is 25.8 Å². The van der Waals surface area contributed by atoms with Gasteiger partial charge in [0.1, 0.15) is 12.1 Å². The third kappa shape index (κ3) is 5.70. The fourth-order valence-electron chi connectivity index (χ4n) is 4.35. The first-order valence-corrected chi connectivity index (χ1v) is 11.9. The van der Waals surface area contributed by atoms with Crippen molar-refractivity contribution in [1.82, 2.24) is 20.4 Å². The summed E-state index contributed by atoms with van der Waals surface area (Å²) in [4.78, 5) is 66.2. The molecule has 2 aromatic rings. The third-order valence-electron chi connectivity index (χ3n) is 6.40. The maximum atomic E-state index is 13.3. The second kappa shape index (κ2) is 11.0. The molecule has 2 aliphatic heterocycles. The normalized spacial score (nSPS) is 19.8. The van der Waals surface area contributed by atoms with Crippen molar-refractivity contribution in [2.75, 3.05) is 31.5 Å². The molecule has 10 nitrogen and oxygen atoms in total. The number of hydrogen-bond donors (Lipinski definition) is 3. The summed E-state index contributed by atoms with van der Waals surface area (Å²) in [7, 11) is 0. The minimum Gasteiger partial charge on any atom is -0.354 e. The van der Waals surface area contributed by atoms with Gasteiger partial charge in [0.05, 0.1) is 6.54 Å². The third-order valence-corrected chi connectivity index (χ3v) is 6.40. The zero-order chi connectivity index (χ0) is 25.7. The SMILES string of the molecule is CC(=O)c1ccc(NC(=O)N2CCN(C(=O)c3ccccc3)C(C(=O)NC3CCCNC3=O)C2)cc1. The highest BCUT2D eigenvalue weighted by molar-refractivity contribution is 5.99. The second-order valence-corrected chi connectivity index (χ2v) is 8.88. The van der Waals surface area contributed by atoms with Gasteiger partial charge >= 0.3 is 6.03 Å². The van der Waals surface area contributed by atoms with Crippen molar-refractivity contribution in [3.05, 3.63) is 65.7 Å². The Balaban J connectivity index is 1.50. The summed E-state index contributed by atoms with van der Waals surface area (Å²) in [6.07, 6.45) is 1.25. The van der Waals surface area contributed by atoms with E-state index in [-0.39, 0.29) is 37.2 Å². The topological polar surface area (TPSA) is 128 Å². The van der Waals surface area contributed by atoms with E-state index in [1.54, 1.807) is 54.6 Å². The van der Waals surface area contributed by atoms with Crippen LogP contribution >= 0.6 is 0 Å². The number of ketones is 1. The minimum atomic E-state index is -0.966. The second-order valence-electron chi connectivity index (χ2n) is 8.88. The average Bonchev–Trinajstić information content (AvgIpc) is 2.90. The number of carbonyl (C=O) groups excluding carboxylic acids is 5. The van der Waals surface area contributed by atoms with Crippen molar-refractivity contribution in [1.29, 1.82) is 0 Å². The van der Waals surface area contributed by atoms with Gasteiger partial charge in [-0.3, -0.25) is 19.2 Å². The number of piperidine rings is 1. The van der Waals surface area contributed by atoms with Crippen molar-refractivity contribution in [3.63, 3.8) is 0 Å². The fourth-order valence-corrected chi connectivity index (χ4v) is 4.35. The molecule has 0 radical (unpaired) electrons. The number of nitrogens with zero attached hydrogens (tertiary/aromatic N) is 2. The van der Waals surface area contributed by atoms with Crippen molar-refractivity contribution >= 4 is 35.2 Å². The summed E-state index contributed by atoms with van der Waals surface area (Å²) >= 11 is 0. The molecule has 0 aliphatic carbocycles. The van der Waals surface area contributed by atoms with E-state index in [0.29, 0.717) is 29.8 Å². The van der Waals surface area contributed by atoms with Gasteiger partial charge in [0.25, 0.3) is 5.91 Å². The van der Waals surface area contributed by atoms with Crippen molar-refractivity contribution in [2.45, 2.75) is 31.8 Å². The average molecular weight is 492 g/mol. The number of urea groups is 1. The summed E-state index contributed by atoms with van der Waals surface area (Å²) in [5.74, 6) is -1.13. The monoisotopic (exact) mass is 491 g/mol. The Kier molecular flexibility index (Phi) is 7.62. The number of nitrogens with one attached hydrogen (secondary N) is 3. The number of Topliss-reactive ketones (excluding diaryl/α,β-unsaturated/α-hetero) is 1. The summed E-state index contributed by atoms with van der Waals surface area (Å²) in [6.45, 7) is 2.37. The van der Waals surface area contributed by atoms with Crippen LogP contribution in [0.15, 0.2) is 54.6 Å². The van der Waals surface area contributed by atoms with Crippen LogP contribution in [-0.4, -0.2) is 77.6 Å². The molecule has 0 saturated carbocycles. The van der Waals surface area contributed by atoms with Crippen LogP contribution in [-0.2, 0) is 9.59 Å². The zero-order valence-electron chi connectivity index (χ0n) is 20.0. The van der Waals surface area contributed by atoms with Crippen molar-refractivity contribution in [2.24, 2.45) is 0 Å². The van der Waals surface area contributed by atoms with Crippen LogP contribution in [0.5, 0.6) is 0 Å². The van der Waals surface area contributed by atoms with E-state index >= 15 is 0 Å². The molecule has 2 aliphatic rings. The Morgan fingerprint density at radius 2 is 1.67 bits per heavy atom. The van der Waals surface area contributed by atoms with Crippen molar-refractivity contribution in [3.8, 4) is 0 Å². The Bertz CT molecular complexity index is 1150. The number of carbonyl (C=O) groups is 5. The Morgan fingerprint density at radius 3 is 2.33 bits per heavy atom.